The third kappa shape index (κ3) is 4.90. The number of nitrogens with one attached hydrogen (secondary N) is 3. The summed E-state index contributed by atoms with van der Waals surface area (Å²) in [6.45, 7) is 3.19. The lowest BCUT2D eigenvalue weighted by Crippen LogP contribution is -2.26. The second-order valence-electron chi connectivity index (χ2n) is 7.71. The minimum Gasteiger partial charge on any atom is -0.373 e. The first-order valence-corrected chi connectivity index (χ1v) is 10.6. The van der Waals surface area contributed by atoms with Crippen LogP contribution in [-0.4, -0.2) is 45.4 Å². The van der Waals surface area contributed by atoms with E-state index in [0.29, 0.717) is 5.69 Å². The Bertz CT molecular complexity index is 1350. The van der Waals surface area contributed by atoms with Crippen LogP contribution in [0.25, 0.3) is 22.0 Å². The number of halogens is 2. The highest BCUT2D eigenvalue weighted by Gasteiger charge is 2.19. The summed E-state index contributed by atoms with van der Waals surface area (Å²) >= 11 is 0. The molecule has 0 saturated heterocycles. The molecule has 1 atom stereocenters. The van der Waals surface area contributed by atoms with Crippen LogP contribution < -0.4 is 16.0 Å². The van der Waals surface area contributed by atoms with Crippen LogP contribution in [0.3, 0.4) is 0 Å². The number of alkyl halides is 2. The van der Waals surface area contributed by atoms with Crippen molar-refractivity contribution in [3.63, 3.8) is 0 Å². The predicted octanol–water partition coefficient (Wildman–Crippen LogP) is 4.75. The molecule has 0 radical (unpaired) electrons. The molecule has 8 nitrogen and oxygen atoms in total. The summed E-state index contributed by atoms with van der Waals surface area (Å²) in [6, 6.07) is 7.54. The molecule has 0 aromatic carbocycles. The molecule has 0 saturated carbocycles. The number of carbonyl (C=O) groups excluding carboxylic acids is 1. The fourth-order valence-electron chi connectivity index (χ4n) is 3.38. The zero-order chi connectivity index (χ0) is 24.2. The van der Waals surface area contributed by atoms with Crippen LogP contribution in [0.5, 0.6) is 0 Å². The van der Waals surface area contributed by atoms with Gasteiger partial charge in [0.15, 0.2) is 0 Å². The largest absolute Gasteiger partial charge is 0.373 e. The van der Waals surface area contributed by atoms with E-state index in [-0.39, 0.29) is 11.4 Å². The molecule has 0 fully saturated rings. The maximum Gasteiger partial charge on any atom is 0.259 e. The number of rotatable bonds is 7. The normalized spacial score (nSPS) is 11.9. The number of hydrogen-bond donors (Lipinski definition) is 3. The van der Waals surface area contributed by atoms with E-state index in [0.717, 1.165) is 33.5 Å². The Balaban J connectivity index is 1.61. The average Bonchev–Trinajstić information content (AvgIpc) is 2.84. The lowest BCUT2D eigenvalue weighted by Gasteiger charge is -2.16. The van der Waals surface area contributed by atoms with E-state index in [1.165, 1.54) is 25.4 Å². The van der Waals surface area contributed by atoms with Gasteiger partial charge in [-0.15, -0.1) is 0 Å². The number of pyridine rings is 4. The van der Waals surface area contributed by atoms with Gasteiger partial charge in [0.05, 0.1) is 29.0 Å². The van der Waals surface area contributed by atoms with E-state index >= 15 is 0 Å². The molecule has 174 valence electrons. The highest BCUT2D eigenvalue weighted by Crippen LogP contribution is 2.28. The van der Waals surface area contributed by atoms with Crippen LogP contribution in [0.1, 0.15) is 23.0 Å². The summed E-state index contributed by atoms with van der Waals surface area (Å²) in [4.78, 5) is 30.2. The van der Waals surface area contributed by atoms with Crippen LogP contribution >= 0.6 is 0 Å². The topological polar surface area (TPSA) is 105 Å². The van der Waals surface area contributed by atoms with Crippen LogP contribution in [0, 0.1) is 6.92 Å². The molecule has 0 aliphatic heterocycles. The summed E-state index contributed by atoms with van der Waals surface area (Å²) in [7, 11) is 1.79. The smallest absolute Gasteiger partial charge is 0.259 e. The van der Waals surface area contributed by atoms with E-state index in [4.69, 9.17) is 0 Å². The van der Waals surface area contributed by atoms with Gasteiger partial charge >= 0.3 is 0 Å². The Morgan fingerprint density at radius 1 is 1.03 bits per heavy atom. The zero-order valence-corrected chi connectivity index (χ0v) is 18.8. The third-order valence-electron chi connectivity index (χ3n) is 5.27. The van der Waals surface area contributed by atoms with Crippen molar-refractivity contribution < 1.29 is 13.6 Å². The molecular formula is C24H23F2N7O. The fourth-order valence-corrected chi connectivity index (χ4v) is 3.38. The number of amides is 1. The molecular weight excluding hydrogens is 440 g/mol. The number of aromatic nitrogens is 4. The molecule has 4 aromatic rings. The lowest BCUT2D eigenvalue weighted by atomic mass is 10.0. The van der Waals surface area contributed by atoms with Gasteiger partial charge in [-0.25, -0.2) is 18.7 Å². The van der Waals surface area contributed by atoms with E-state index in [2.05, 4.69) is 35.9 Å². The van der Waals surface area contributed by atoms with E-state index in [1.54, 1.807) is 31.6 Å². The van der Waals surface area contributed by atoms with E-state index in [1.807, 2.05) is 19.1 Å². The average molecular weight is 463 g/mol. The maximum absolute atomic E-state index is 13.0. The zero-order valence-electron chi connectivity index (χ0n) is 18.8. The maximum atomic E-state index is 13.0. The van der Waals surface area contributed by atoms with Gasteiger partial charge in [-0.3, -0.25) is 14.8 Å². The quantitative estimate of drug-likeness (QED) is 0.363. The lowest BCUT2D eigenvalue weighted by molar-refractivity contribution is 0.102. The molecule has 0 bridgehead atoms. The van der Waals surface area contributed by atoms with Gasteiger partial charge in [-0.2, -0.15) is 0 Å². The van der Waals surface area contributed by atoms with Gasteiger partial charge in [0.2, 0.25) is 0 Å². The number of carbonyl (C=O) groups is 1. The minimum absolute atomic E-state index is 0.0836. The molecule has 0 aliphatic rings. The van der Waals surface area contributed by atoms with Crippen molar-refractivity contribution in [2.24, 2.45) is 0 Å². The predicted molar refractivity (Wildman–Crippen MR) is 128 cm³/mol. The number of hydrogen-bond acceptors (Lipinski definition) is 7. The molecule has 1 amide bonds. The first-order chi connectivity index (χ1) is 16.4. The molecule has 3 N–H and O–H groups in total. The Kier molecular flexibility index (Phi) is 6.58. The van der Waals surface area contributed by atoms with Gasteiger partial charge in [0.25, 0.3) is 12.3 Å². The second kappa shape index (κ2) is 9.74. The van der Waals surface area contributed by atoms with Crippen LogP contribution in [0.15, 0.2) is 55.1 Å². The van der Waals surface area contributed by atoms with Gasteiger partial charge in [0, 0.05) is 53.9 Å². The molecule has 4 heterocycles. The van der Waals surface area contributed by atoms with Crippen LogP contribution in [0.2, 0.25) is 0 Å². The van der Waals surface area contributed by atoms with Crippen LogP contribution in [0.4, 0.5) is 26.1 Å². The molecule has 0 aliphatic carbocycles. The highest BCUT2D eigenvalue weighted by molar-refractivity contribution is 6.07. The molecule has 4 aromatic heterocycles. The van der Waals surface area contributed by atoms with Gasteiger partial charge in [-0.1, -0.05) is 0 Å². The Hall–Kier alpha value is -4.21. The highest BCUT2D eigenvalue weighted by atomic mass is 19.3. The van der Waals surface area contributed by atoms with Crippen molar-refractivity contribution in [3.05, 3.63) is 66.4 Å². The van der Waals surface area contributed by atoms with Gasteiger partial charge in [0.1, 0.15) is 11.6 Å². The number of aryl methyl sites for hydroxylation is 1. The molecule has 4 rings (SSSR count). The van der Waals surface area contributed by atoms with Crippen LogP contribution in [-0.2, 0) is 0 Å². The molecule has 10 heteroatoms. The van der Waals surface area contributed by atoms with Crippen molar-refractivity contribution in [1.29, 1.82) is 0 Å². The van der Waals surface area contributed by atoms with Crippen molar-refractivity contribution in [1.82, 2.24) is 19.9 Å². The monoisotopic (exact) mass is 463 g/mol. The number of fused-ring (bicyclic) bond motifs is 1. The third-order valence-corrected chi connectivity index (χ3v) is 5.27. The van der Waals surface area contributed by atoms with E-state index in [9.17, 15) is 13.6 Å². The first-order valence-electron chi connectivity index (χ1n) is 10.6. The Morgan fingerprint density at radius 2 is 1.85 bits per heavy atom. The fraction of sp³-hybridized carbons (Fsp3) is 0.208. The van der Waals surface area contributed by atoms with Crippen molar-refractivity contribution in [2.45, 2.75) is 26.3 Å². The number of nitrogens with zero attached hydrogens (tertiary/aromatic N) is 4. The van der Waals surface area contributed by atoms with E-state index < -0.39 is 18.4 Å². The van der Waals surface area contributed by atoms with Crippen molar-refractivity contribution in [2.75, 3.05) is 23.0 Å². The summed E-state index contributed by atoms with van der Waals surface area (Å²) < 4.78 is 25.9. The SMILES string of the molecule is CNc1cc2ncc(-c3cc(NC(=O)c4cccnc4N[C@@H](C)C(F)F)cnc3C)cc2cn1. The summed E-state index contributed by atoms with van der Waals surface area (Å²) in [6.07, 6.45) is 3.86. The Labute approximate surface area is 194 Å². The molecule has 0 spiro atoms. The van der Waals surface area contributed by atoms with Crippen molar-refractivity contribution in [3.8, 4) is 11.1 Å². The summed E-state index contributed by atoms with van der Waals surface area (Å²) in [5, 5.41) is 9.22. The summed E-state index contributed by atoms with van der Waals surface area (Å²) in [5.74, 6) is 0.317. The summed E-state index contributed by atoms with van der Waals surface area (Å²) in [5.41, 5.74) is 3.77. The first kappa shape index (κ1) is 23.0. The molecule has 0 unspecified atom stereocenters. The van der Waals surface area contributed by atoms with Gasteiger partial charge in [-0.05, 0) is 38.1 Å². The number of anilines is 3. The standard InChI is InChI=1S/C24H23F2N7O/c1-13-19(15-7-16-11-31-21(27-3)9-20(16)30-10-15)8-17(12-29-13)33-24(34)18-5-4-6-28-23(18)32-14(2)22(25)26/h4-12,14,22H,1-3H3,(H,27,31)(H,28,32)(H,33,34)/t14-/m0/s1. The van der Waals surface area contributed by atoms with Gasteiger partial charge < -0.3 is 16.0 Å². The van der Waals surface area contributed by atoms with Crippen molar-refractivity contribution >= 4 is 34.1 Å². The minimum atomic E-state index is -2.60. The molecule has 34 heavy (non-hydrogen) atoms. The Morgan fingerprint density at radius 3 is 2.62 bits per heavy atom. The second-order valence-corrected chi connectivity index (χ2v) is 7.71.